The van der Waals surface area contributed by atoms with Gasteiger partial charge in [0, 0.05) is 37.9 Å². The van der Waals surface area contributed by atoms with Crippen LogP contribution in [-0.2, 0) is 17.8 Å². The predicted octanol–water partition coefficient (Wildman–Crippen LogP) is 1.86. The molecule has 1 amide bonds. The first-order valence-electron chi connectivity index (χ1n) is 9.03. The highest BCUT2D eigenvalue weighted by Crippen LogP contribution is 2.44. The molecule has 1 atom stereocenters. The number of rotatable bonds is 4. The molecule has 0 aliphatic carbocycles. The van der Waals surface area contributed by atoms with Crippen LogP contribution in [0.5, 0.6) is 0 Å². The van der Waals surface area contributed by atoms with Crippen LogP contribution in [0.2, 0.25) is 0 Å². The number of piperidine rings is 1. The number of nitrogens with zero attached hydrogens (tertiary/aromatic N) is 4. The molecule has 0 aromatic carbocycles. The van der Waals surface area contributed by atoms with Gasteiger partial charge in [0.1, 0.15) is 5.82 Å². The number of nitrogens with one attached hydrogen (secondary N) is 1. The number of amides is 1. The third-order valence-corrected chi connectivity index (χ3v) is 5.88. The van der Waals surface area contributed by atoms with Crippen LogP contribution in [0.25, 0.3) is 0 Å². The summed E-state index contributed by atoms with van der Waals surface area (Å²) in [5.41, 5.74) is 1.04. The van der Waals surface area contributed by atoms with E-state index in [1.54, 1.807) is 12.4 Å². The summed E-state index contributed by atoms with van der Waals surface area (Å²) >= 11 is 0. The van der Waals surface area contributed by atoms with Gasteiger partial charge in [-0.05, 0) is 50.4 Å². The summed E-state index contributed by atoms with van der Waals surface area (Å²) in [6, 6.07) is 4.35. The molecule has 2 aromatic rings. The first kappa shape index (κ1) is 16.3. The SMILES string of the molecule is CN1C(=O)C2(CCN(Cc3ncc[nH]3)CC2)C[C@@H]1Cc1cccnc1. The fourth-order valence-electron chi connectivity index (χ4n) is 4.37. The second-order valence-corrected chi connectivity index (χ2v) is 7.43. The lowest BCUT2D eigenvalue weighted by Gasteiger charge is -2.37. The number of aromatic amines is 1. The Morgan fingerprint density at radius 3 is 2.84 bits per heavy atom. The molecule has 0 unspecified atom stereocenters. The van der Waals surface area contributed by atoms with Crippen LogP contribution in [0.3, 0.4) is 0 Å². The molecule has 4 rings (SSSR count). The number of H-pyrrole nitrogens is 1. The molecule has 2 fully saturated rings. The maximum Gasteiger partial charge on any atom is 0.228 e. The second-order valence-electron chi connectivity index (χ2n) is 7.43. The van der Waals surface area contributed by atoms with E-state index in [1.165, 1.54) is 5.56 Å². The first-order valence-corrected chi connectivity index (χ1v) is 9.03. The molecule has 6 heteroatoms. The van der Waals surface area contributed by atoms with E-state index in [-0.39, 0.29) is 11.5 Å². The molecular weight excluding hydrogens is 314 g/mol. The average Bonchev–Trinajstić information content (AvgIpc) is 3.22. The van der Waals surface area contributed by atoms with Crippen LogP contribution in [-0.4, -0.2) is 56.8 Å². The molecule has 6 nitrogen and oxygen atoms in total. The number of carbonyl (C=O) groups is 1. The summed E-state index contributed by atoms with van der Waals surface area (Å²) in [5, 5.41) is 0. The molecule has 2 aliphatic rings. The molecular formula is C19H25N5O. The third-order valence-electron chi connectivity index (χ3n) is 5.88. The van der Waals surface area contributed by atoms with Gasteiger partial charge in [-0.25, -0.2) is 4.98 Å². The Hall–Kier alpha value is -2.21. The highest BCUT2D eigenvalue weighted by molar-refractivity contribution is 5.85. The molecule has 1 spiro atoms. The number of likely N-dealkylation sites (N-methyl/N-ethyl adjacent to an activating group) is 1. The predicted molar refractivity (Wildman–Crippen MR) is 94.6 cm³/mol. The third kappa shape index (κ3) is 3.18. The zero-order valence-corrected chi connectivity index (χ0v) is 14.7. The van der Waals surface area contributed by atoms with Crippen LogP contribution in [0.15, 0.2) is 36.9 Å². The number of pyridine rings is 1. The quantitative estimate of drug-likeness (QED) is 0.923. The van der Waals surface area contributed by atoms with Crippen LogP contribution in [0.4, 0.5) is 0 Å². The Kier molecular flexibility index (Phi) is 4.29. The maximum atomic E-state index is 13.0. The Morgan fingerprint density at radius 2 is 2.16 bits per heavy atom. The maximum absolute atomic E-state index is 13.0. The lowest BCUT2D eigenvalue weighted by Crippen LogP contribution is -2.44. The van der Waals surface area contributed by atoms with E-state index in [2.05, 4.69) is 25.9 Å². The van der Waals surface area contributed by atoms with Gasteiger partial charge in [-0.3, -0.25) is 14.7 Å². The minimum Gasteiger partial charge on any atom is -0.348 e. The zero-order valence-electron chi connectivity index (χ0n) is 14.7. The van der Waals surface area contributed by atoms with E-state index in [0.717, 1.165) is 51.1 Å². The number of likely N-dealkylation sites (tertiary alicyclic amines) is 2. The minimum atomic E-state index is -0.165. The molecule has 0 saturated carbocycles. The minimum absolute atomic E-state index is 0.165. The van der Waals surface area contributed by atoms with Crippen molar-refractivity contribution in [2.75, 3.05) is 20.1 Å². The van der Waals surface area contributed by atoms with Crippen molar-refractivity contribution in [1.82, 2.24) is 24.8 Å². The van der Waals surface area contributed by atoms with Crippen molar-refractivity contribution in [3.8, 4) is 0 Å². The van der Waals surface area contributed by atoms with Crippen molar-refractivity contribution in [3.63, 3.8) is 0 Å². The number of hydrogen-bond donors (Lipinski definition) is 1. The number of hydrogen-bond acceptors (Lipinski definition) is 4. The highest BCUT2D eigenvalue weighted by Gasteiger charge is 2.51. The Labute approximate surface area is 148 Å². The van der Waals surface area contributed by atoms with Gasteiger partial charge in [-0.15, -0.1) is 0 Å². The van der Waals surface area contributed by atoms with Gasteiger partial charge < -0.3 is 9.88 Å². The van der Waals surface area contributed by atoms with Crippen LogP contribution < -0.4 is 0 Å². The van der Waals surface area contributed by atoms with Gasteiger partial charge in [-0.1, -0.05) is 6.07 Å². The average molecular weight is 339 g/mol. The Bertz CT molecular complexity index is 707. The zero-order chi connectivity index (χ0) is 17.3. The molecule has 1 N–H and O–H groups in total. The largest absolute Gasteiger partial charge is 0.348 e. The molecule has 2 saturated heterocycles. The Balaban J connectivity index is 1.40. The van der Waals surface area contributed by atoms with Gasteiger partial charge >= 0.3 is 0 Å². The lowest BCUT2D eigenvalue weighted by atomic mass is 9.75. The van der Waals surface area contributed by atoms with E-state index in [0.29, 0.717) is 5.91 Å². The van der Waals surface area contributed by atoms with Gasteiger partial charge in [0.25, 0.3) is 0 Å². The second kappa shape index (κ2) is 6.59. The first-order chi connectivity index (χ1) is 12.2. The van der Waals surface area contributed by atoms with Crippen LogP contribution in [0.1, 0.15) is 30.7 Å². The van der Waals surface area contributed by atoms with E-state index in [4.69, 9.17) is 0 Å². The van der Waals surface area contributed by atoms with E-state index in [9.17, 15) is 4.79 Å². The number of carbonyl (C=O) groups excluding carboxylic acids is 1. The summed E-state index contributed by atoms with van der Waals surface area (Å²) in [7, 11) is 1.97. The summed E-state index contributed by atoms with van der Waals surface area (Å²) < 4.78 is 0. The molecule has 0 radical (unpaired) electrons. The van der Waals surface area contributed by atoms with Crippen molar-refractivity contribution in [2.24, 2.45) is 5.41 Å². The van der Waals surface area contributed by atoms with E-state index in [1.807, 2.05) is 30.4 Å². The van der Waals surface area contributed by atoms with Crippen LogP contribution >= 0.6 is 0 Å². The van der Waals surface area contributed by atoms with Crippen molar-refractivity contribution in [1.29, 1.82) is 0 Å². The van der Waals surface area contributed by atoms with Gasteiger partial charge in [0.05, 0.1) is 12.0 Å². The van der Waals surface area contributed by atoms with Gasteiger partial charge in [0.2, 0.25) is 5.91 Å². The van der Waals surface area contributed by atoms with Crippen molar-refractivity contribution >= 4 is 5.91 Å². The number of aromatic nitrogens is 3. The van der Waals surface area contributed by atoms with E-state index < -0.39 is 0 Å². The van der Waals surface area contributed by atoms with Gasteiger partial charge in [-0.2, -0.15) is 0 Å². The topological polar surface area (TPSA) is 65.1 Å². The molecule has 4 heterocycles. The fraction of sp³-hybridized carbons (Fsp3) is 0.526. The molecule has 2 aromatic heterocycles. The van der Waals surface area contributed by atoms with E-state index >= 15 is 0 Å². The summed E-state index contributed by atoms with van der Waals surface area (Å²) in [5.74, 6) is 1.33. The van der Waals surface area contributed by atoms with Crippen molar-refractivity contribution in [3.05, 3.63) is 48.3 Å². The molecule has 132 valence electrons. The molecule has 0 bridgehead atoms. The van der Waals surface area contributed by atoms with Crippen molar-refractivity contribution in [2.45, 2.75) is 38.3 Å². The fourth-order valence-corrected chi connectivity index (χ4v) is 4.37. The molecule has 25 heavy (non-hydrogen) atoms. The lowest BCUT2D eigenvalue weighted by molar-refractivity contribution is -0.137. The number of imidazole rings is 1. The van der Waals surface area contributed by atoms with Crippen molar-refractivity contribution < 1.29 is 4.79 Å². The summed E-state index contributed by atoms with van der Waals surface area (Å²) in [4.78, 5) is 29.0. The normalized spacial score (nSPS) is 23.5. The monoisotopic (exact) mass is 339 g/mol. The molecule has 2 aliphatic heterocycles. The smallest absolute Gasteiger partial charge is 0.228 e. The summed E-state index contributed by atoms with van der Waals surface area (Å²) in [6.07, 6.45) is 11.1. The standard InChI is InChI=1S/C19H25N5O/c1-23-16(11-15-3-2-6-20-13-15)12-19(18(23)25)4-9-24(10-5-19)14-17-21-7-8-22-17/h2-3,6-8,13,16H,4-5,9-12,14H2,1H3,(H,21,22)/t16-/m0/s1. The van der Waals surface area contributed by atoms with Gasteiger partial charge in [0.15, 0.2) is 0 Å². The highest BCUT2D eigenvalue weighted by atomic mass is 16.2. The van der Waals surface area contributed by atoms with Crippen LogP contribution in [0, 0.1) is 5.41 Å². The Morgan fingerprint density at radius 1 is 1.32 bits per heavy atom. The summed E-state index contributed by atoms with van der Waals surface area (Å²) in [6.45, 7) is 2.76.